The summed E-state index contributed by atoms with van der Waals surface area (Å²) < 4.78 is 0. The van der Waals surface area contributed by atoms with Gasteiger partial charge in [-0.05, 0) is 24.3 Å². The van der Waals surface area contributed by atoms with Gasteiger partial charge < -0.3 is 0 Å². The number of nitriles is 2. The zero-order valence-electron chi connectivity index (χ0n) is 16.4. The molecule has 8 nitrogen and oxygen atoms in total. The van der Waals surface area contributed by atoms with E-state index in [0.29, 0.717) is 56.0 Å². The van der Waals surface area contributed by atoms with E-state index in [1.165, 1.54) is 0 Å². The number of nitrogens with zero attached hydrogens (tertiary/aromatic N) is 8. The van der Waals surface area contributed by atoms with Crippen molar-refractivity contribution in [2.75, 3.05) is 0 Å². The molecule has 8 heteroatoms. The molecule has 3 aromatic heterocycles. The van der Waals surface area contributed by atoms with Crippen molar-refractivity contribution in [1.29, 1.82) is 10.5 Å². The number of hydrogen-bond donors (Lipinski definition) is 0. The zero-order chi connectivity index (χ0) is 21.7. The standard InChI is InChI=1S/C24H10N8/c25-11-29-17-13-5-1-2-6-14(13)18(30-12-26)24-23(17)31-21-15-7-3-9-27-19(15)20-16(22(21)32-24)8-4-10-28-20/h1-10H/b29-17-,30-18+. The molecule has 32 heavy (non-hydrogen) atoms. The van der Waals surface area contributed by atoms with Crippen molar-refractivity contribution in [2.45, 2.75) is 0 Å². The summed E-state index contributed by atoms with van der Waals surface area (Å²) in [6.07, 6.45) is 7.17. The maximum Gasteiger partial charge on any atom is 0.206 e. The van der Waals surface area contributed by atoms with Crippen LogP contribution < -0.4 is 0 Å². The predicted octanol–water partition coefficient (Wildman–Crippen LogP) is 3.68. The molecule has 1 aliphatic carbocycles. The second-order valence-corrected chi connectivity index (χ2v) is 7.08. The Kier molecular flexibility index (Phi) is 3.73. The van der Waals surface area contributed by atoms with E-state index in [1.807, 2.05) is 60.9 Å². The minimum Gasteiger partial charge on any atom is -0.254 e. The summed E-state index contributed by atoms with van der Waals surface area (Å²) in [5, 5.41) is 20.3. The van der Waals surface area contributed by atoms with Gasteiger partial charge in [-0.3, -0.25) is 9.97 Å². The van der Waals surface area contributed by atoms with Gasteiger partial charge in [0.2, 0.25) is 12.4 Å². The smallest absolute Gasteiger partial charge is 0.206 e. The molecule has 0 radical (unpaired) electrons. The zero-order valence-corrected chi connectivity index (χ0v) is 16.4. The van der Waals surface area contributed by atoms with Gasteiger partial charge in [-0.1, -0.05) is 24.3 Å². The van der Waals surface area contributed by atoms with Gasteiger partial charge in [0.05, 0.1) is 22.1 Å². The van der Waals surface area contributed by atoms with Crippen LogP contribution in [0.25, 0.3) is 32.8 Å². The van der Waals surface area contributed by atoms with Crippen LogP contribution in [0.3, 0.4) is 0 Å². The number of fused-ring (bicyclic) bond motifs is 8. The lowest BCUT2D eigenvalue weighted by molar-refractivity contribution is 1.21. The van der Waals surface area contributed by atoms with E-state index < -0.39 is 0 Å². The van der Waals surface area contributed by atoms with Gasteiger partial charge in [0.25, 0.3) is 0 Å². The number of aromatic nitrogens is 4. The highest BCUT2D eigenvalue weighted by Gasteiger charge is 2.31. The highest BCUT2D eigenvalue weighted by atomic mass is 14.9. The lowest BCUT2D eigenvalue weighted by Crippen LogP contribution is -2.25. The molecule has 3 heterocycles. The molecule has 0 saturated heterocycles. The summed E-state index contributed by atoms with van der Waals surface area (Å²) in [4.78, 5) is 27.0. The molecule has 0 aliphatic heterocycles. The number of pyridine rings is 2. The first-order chi connectivity index (χ1) is 15.8. The third-order valence-electron chi connectivity index (χ3n) is 5.46. The van der Waals surface area contributed by atoms with Gasteiger partial charge in [0.15, 0.2) is 0 Å². The first-order valence-electron chi connectivity index (χ1n) is 9.69. The van der Waals surface area contributed by atoms with Crippen LogP contribution in [0.4, 0.5) is 0 Å². The second-order valence-electron chi connectivity index (χ2n) is 7.08. The molecule has 2 aromatic carbocycles. The molecule has 0 unspecified atom stereocenters. The molecule has 0 atom stereocenters. The molecular formula is C24H10N8. The van der Waals surface area contributed by atoms with Crippen molar-refractivity contribution < 1.29 is 0 Å². The van der Waals surface area contributed by atoms with Crippen LogP contribution in [0.2, 0.25) is 0 Å². The quantitative estimate of drug-likeness (QED) is 0.278. The molecule has 0 spiro atoms. The van der Waals surface area contributed by atoms with Crippen LogP contribution in [0.15, 0.2) is 70.9 Å². The van der Waals surface area contributed by atoms with Crippen molar-refractivity contribution in [3.63, 3.8) is 0 Å². The van der Waals surface area contributed by atoms with Crippen molar-refractivity contribution in [3.8, 4) is 12.4 Å². The first-order valence-corrected chi connectivity index (χ1v) is 9.69. The third-order valence-corrected chi connectivity index (χ3v) is 5.46. The molecular weight excluding hydrogens is 400 g/mol. The Labute approximate surface area is 180 Å². The molecule has 146 valence electrons. The van der Waals surface area contributed by atoms with Crippen LogP contribution in [0, 0.1) is 22.9 Å². The largest absolute Gasteiger partial charge is 0.254 e. The van der Waals surface area contributed by atoms with E-state index in [-0.39, 0.29) is 0 Å². The summed E-state index contributed by atoms with van der Waals surface area (Å²) in [7, 11) is 0. The molecule has 5 aromatic rings. The van der Waals surface area contributed by atoms with Crippen LogP contribution in [0.5, 0.6) is 0 Å². The van der Waals surface area contributed by atoms with Gasteiger partial charge in [0.1, 0.15) is 22.8 Å². The maximum absolute atomic E-state index is 9.38. The number of benzene rings is 2. The molecule has 6 rings (SSSR count). The van der Waals surface area contributed by atoms with E-state index in [4.69, 9.17) is 9.97 Å². The van der Waals surface area contributed by atoms with E-state index >= 15 is 0 Å². The molecule has 0 bridgehead atoms. The molecule has 0 amide bonds. The third kappa shape index (κ3) is 2.35. The first kappa shape index (κ1) is 17.8. The van der Waals surface area contributed by atoms with Crippen molar-refractivity contribution in [2.24, 2.45) is 9.98 Å². The summed E-state index contributed by atoms with van der Waals surface area (Å²) in [6, 6.07) is 14.8. The minimum atomic E-state index is 0.396. The van der Waals surface area contributed by atoms with E-state index in [9.17, 15) is 10.5 Å². The van der Waals surface area contributed by atoms with E-state index in [1.54, 1.807) is 12.4 Å². The van der Waals surface area contributed by atoms with Gasteiger partial charge in [0, 0.05) is 34.3 Å². The van der Waals surface area contributed by atoms with Crippen LogP contribution in [-0.4, -0.2) is 31.4 Å². The minimum absolute atomic E-state index is 0.396. The lowest BCUT2D eigenvalue weighted by atomic mass is 9.88. The SMILES string of the molecule is N#C/N=C1/c2ccccc2/C(=N\C#N)c2nc3c4cccnc4c4ncccc4c3nc21. The molecule has 1 aliphatic rings. The van der Waals surface area contributed by atoms with Crippen molar-refractivity contribution in [3.05, 3.63) is 83.4 Å². The Morgan fingerprint density at radius 2 is 1.06 bits per heavy atom. The Morgan fingerprint density at radius 3 is 1.50 bits per heavy atom. The Balaban J connectivity index is 1.85. The highest BCUT2D eigenvalue weighted by molar-refractivity contribution is 6.32. The lowest BCUT2D eigenvalue weighted by Gasteiger charge is -2.21. The number of hydrogen-bond acceptors (Lipinski definition) is 8. The molecule has 0 saturated carbocycles. The fraction of sp³-hybridized carbons (Fsp3) is 0. The molecule has 0 N–H and O–H groups in total. The van der Waals surface area contributed by atoms with Crippen molar-refractivity contribution in [1.82, 2.24) is 19.9 Å². The summed E-state index contributed by atoms with van der Waals surface area (Å²) in [5.74, 6) is 0. The summed E-state index contributed by atoms with van der Waals surface area (Å²) in [5.41, 5.74) is 5.61. The topological polar surface area (TPSA) is 124 Å². The van der Waals surface area contributed by atoms with Gasteiger partial charge >= 0.3 is 0 Å². The van der Waals surface area contributed by atoms with E-state index in [0.717, 1.165) is 10.8 Å². The summed E-state index contributed by atoms with van der Waals surface area (Å²) >= 11 is 0. The Hall–Kier alpha value is -5.08. The van der Waals surface area contributed by atoms with Gasteiger partial charge in [-0.25, -0.2) is 9.97 Å². The van der Waals surface area contributed by atoms with Crippen LogP contribution in [0.1, 0.15) is 22.5 Å². The average Bonchev–Trinajstić information content (AvgIpc) is 2.85. The maximum atomic E-state index is 9.38. The highest BCUT2D eigenvalue weighted by Crippen LogP contribution is 2.34. The second kappa shape index (κ2) is 6.73. The predicted molar refractivity (Wildman–Crippen MR) is 119 cm³/mol. The summed E-state index contributed by atoms with van der Waals surface area (Å²) in [6.45, 7) is 0. The van der Waals surface area contributed by atoms with Crippen LogP contribution >= 0.6 is 0 Å². The fourth-order valence-corrected chi connectivity index (χ4v) is 4.19. The number of aliphatic imine (C=N–C) groups is 2. The Morgan fingerprint density at radius 1 is 0.594 bits per heavy atom. The molecule has 0 fully saturated rings. The van der Waals surface area contributed by atoms with E-state index in [2.05, 4.69) is 20.0 Å². The van der Waals surface area contributed by atoms with Crippen molar-refractivity contribution >= 4 is 44.3 Å². The number of rotatable bonds is 0. The van der Waals surface area contributed by atoms with Gasteiger partial charge in [-0.2, -0.15) is 20.5 Å². The average molecular weight is 410 g/mol. The monoisotopic (exact) mass is 410 g/mol. The normalized spacial score (nSPS) is 14.9. The van der Waals surface area contributed by atoms with Crippen LogP contribution in [-0.2, 0) is 0 Å². The fourth-order valence-electron chi connectivity index (χ4n) is 4.19. The Bertz CT molecular complexity index is 1620. The van der Waals surface area contributed by atoms with Gasteiger partial charge in [-0.15, -0.1) is 0 Å².